The molecule has 1 unspecified atom stereocenters. The van der Waals surface area contributed by atoms with Gasteiger partial charge in [0.15, 0.2) is 0 Å². The van der Waals surface area contributed by atoms with Crippen LogP contribution >= 0.6 is 11.3 Å². The van der Waals surface area contributed by atoms with Crippen LogP contribution in [0.25, 0.3) is 0 Å². The number of carbonyl (C=O) groups excluding carboxylic acids is 2. The van der Waals surface area contributed by atoms with Crippen LogP contribution in [-0.2, 0) is 11.3 Å². The van der Waals surface area contributed by atoms with E-state index >= 15 is 0 Å². The third-order valence-corrected chi connectivity index (χ3v) is 6.27. The summed E-state index contributed by atoms with van der Waals surface area (Å²) >= 11 is 1.66. The lowest BCUT2D eigenvalue weighted by Crippen LogP contribution is -2.50. The first-order valence-corrected chi connectivity index (χ1v) is 10.5. The molecule has 0 aromatic carbocycles. The summed E-state index contributed by atoms with van der Waals surface area (Å²) in [6, 6.07) is 3.46. The van der Waals surface area contributed by atoms with Crippen LogP contribution in [0.3, 0.4) is 0 Å². The van der Waals surface area contributed by atoms with E-state index in [1.54, 1.807) is 28.2 Å². The molecule has 0 spiro atoms. The fraction of sp³-hybridized carbons (Fsp3) is 0.684. The van der Waals surface area contributed by atoms with Crippen LogP contribution in [0.5, 0.6) is 0 Å². The molecule has 0 radical (unpaired) electrons. The van der Waals surface area contributed by atoms with Gasteiger partial charge in [-0.1, -0.05) is 6.07 Å². The van der Waals surface area contributed by atoms with Gasteiger partial charge in [-0.2, -0.15) is 0 Å². The van der Waals surface area contributed by atoms with Gasteiger partial charge in [-0.05, 0) is 38.1 Å². The number of amides is 3. The zero-order chi connectivity index (χ0) is 19.6. The van der Waals surface area contributed by atoms with Crippen molar-refractivity contribution in [1.82, 2.24) is 20.0 Å². The molecule has 3 amide bonds. The zero-order valence-electron chi connectivity index (χ0n) is 16.2. The average molecular weight is 397 g/mol. The maximum Gasteiger partial charge on any atom is 0.317 e. The number of likely N-dealkylation sites (N-methyl/N-ethyl adjacent to an activating group) is 1. The molecule has 0 saturated carbocycles. The van der Waals surface area contributed by atoms with Crippen LogP contribution in [0.2, 0.25) is 0 Å². The van der Waals surface area contributed by atoms with E-state index in [0.717, 1.165) is 0 Å². The average Bonchev–Trinajstić information content (AvgIpc) is 3.31. The zero-order valence-corrected chi connectivity index (χ0v) is 17.0. The second-order valence-electron chi connectivity index (χ2n) is 7.79. The van der Waals surface area contributed by atoms with E-state index in [1.807, 2.05) is 25.3 Å². The van der Waals surface area contributed by atoms with Crippen LogP contribution < -0.4 is 5.32 Å². The summed E-state index contributed by atoms with van der Waals surface area (Å²) in [4.78, 5) is 31.6. The van der Waals surface area contributed by atoms with Gasteiger partial charge in [0.25, 0.3) is 0 Å². The first kappa shape index (κ1) is 20.1. The Morgan fingerprint density at radius 1 is 1.48 bits per heavy atom. The SMILES string of the molecule is CC(C)N1CCC(NC(=O)N(C)C[C@@H]2C[C@H](F)CN2Cc2cccs2)C1=O. The largest absolute Gasteiger partial charge is 0.338 e. The van der Waals surface area contributed by atoms with Gasteiger partial charge in [-0.15, -0.1) is 11.3 Å². The number of thiophene rings is 1. The molecule has 8 heteroatoms. The summed E-state index contributed by atoms with van der Waals surface area (Å²) < 4.78 is 14.0. The van der Waals surface area contributed by atoms with Crippen LogP contribution in [0, 0.1) is 0 Å². The first-order chi connectivity index (χ1) is 12.8. The summed E-state index contributed by atoms with van der Waals surface area (Å²) in [5.74, 6) is -0.0178. The predicted octanol–water partition coefficient (Wildman–Crippen LogP) is 2.31. The van der Waals surface area contributed by atoms with Crippen LogP contribution in [0.15, 0.2) is 17.5 Å². The van der Waals surface area contributed by atoms with Gasteiger partial charge in [-0.3, -0.25) is 9.69 Å². The van der Waals surface area contributed by atoms with E-state index in [9.17, 15) is 14.0 Å². The molecule has 1 N–H and O–H groups in total. The number of nitrogens with zero attached hydrogens (tertiary/aromatic N) is 3. The second kappa shape index (κ2) is 8.56. The van der Waals surface area contributed by atoms with Crippen molar-refractivity contribution in [2.45, 2.75) is 57.5 Å². The minimum absolute atomic E-state index is 0.00991. The highest BCUT2D eigenvalue weighted by molar-refractivity contribution is 7.09. The Labute approximate surface area is 164 Å². The number of rotatable bonds is 6. The van der Waals surface area contributed by atoms with E-state index < -0.39 is 12.2 Å². The number of alkyl halides is 1. The topological polar surface area (TPSA) is 55.9 Å². The minimum atomic E-state index is -0.859. The number of hydrogen-bond acceptors (Lipinski definition) is 4. The van der Waals surface area contributed by atoms with E-state index in [1.165, 1.54) is 4.88 Å². The predicted molar refractivity (Wildman–Crippen MR) is 104 cm³/mol. The highest BCUT2D eigenvalue weighted by Crippen LogP contribution is 2.25. The van der Waals surface area contributed by atoms with Gasteiger partial charge >= 0.3 is 6.03 Å². The van der Waals surface area contributed by atoms with E-state index in [-0.39, 0.29) is 24.0 Å². The Morgan fingerprint density at radius 3 is 2.89 bits per heavy atom. The maximum atomic E-state index is 14.0. The maximum absolute atomic E-state index is 14.0. The lowest BCUT2D eigenvalue weighted by atomic mass is 10.2. The summed E-state index contributed by atoms with van der Waals surface area (Å²) in [5.41, 5.74) is 0. The quantitative estimate of drug-likeness (QED) is 0.803. The Hall–Kier alpha value is -1.67. The van der Waals surface area contributed by atoms with Crippen molar-refractivity contribution in [3.05, 3.63) is 22.4 Å². The summed E-state index contributed by atoms with van der Waals surface area (Å²) in [5, 5.41) is 4.86. The van der Waals surface area contributed by atoms with E-state index in [2.05, 4.69) is 16.3 Å². The number of halogens is 1. The van der Waals surface area contributed by atoms with Crippen molar-refractivity contribution >= 4 is 23.3 Å². The van der Waals surface area contributed by atoms with Gasteiger partial charge in [0.05, 0.1) is 0 Å². The Bertz CT molecular complexity index is 654. The molecule has 1 aromatic heterocycles. The van der Waals surface area contributed by atoms with E-state index in [0.29, 0.717) is 39.0 Å². The number of hydrogen-bond donors (Lipinski definition) is 1. The van der Waals surface area contributed by atoms with Gasteiger partial charge in [0.2, 0.25) is 5.91 Å². The van der Waals surface area contributed by atoms with Crippen molar-refractivity contribution in [3.8, 4) is 0 Å². The lowest BCUT2D eigenvalue weighted by molar-refractivity contribution is -0.130. The molecule has 3 heterocycles. The number of nitrogens with one attached hydrogen (secondary N) is 1. The molecule has 2 aliphatic heterocycles. The summed E-state index contributed by atoms with van der Waals surface area (Å²) in [6.07, 6.45) is 0.214. The number of urea groups is 1. The third-order valence-electron chi connectivity index (χ3n) is 5.41. The van der Waals surface area contributed by atoms with Crippen LogP contribution in [0.4, 0.5) is 9.18 Å². The third kappa shape index (κ3) is 4.79. The number of carbonyl (C=O) groups is 2. The van der Waals surface area contributed by atoms with Crippen molar-refractivity contribution in [2.75, 3.05) is 26.7 Å². The van der Waals surface area contributed by atoms with Crippen molar-refractivity contribution in [3.63, 3.8) is 0 Å². The molecule has 2 saturated heterocycles. The highest BCUT2D eigenvalue weighted by atomic mass is 32.1. The lowest BCUT2D eigenvalue weighted by Gasteiger charge is -2.29. The van der Waals surface area contributed by atoms with Gasteiger partial charge in [0.1, 0.15) is 12.2 Å². The van der Waals surface area contributed by atoms with Gasteiger partial charge in [0, 0.05) is 50.2 Å². The summed E-state index contributed by atoms with van der Waals surface area (Å²) in [6.45, 7) is 6.19. The molecule has 2 fully saturated rings. The normalized spacial score (nSPS) is 26.2. The van der Waals surface area contributed by atoms with Gasteiger partial charge in [-0.25, -0.2) is 9.18 Å². The fourth-order valence-corrected chi connectivity index (χ4v) is 4.65. The number of likely N-dealkylation sites (tertiary alicyclic amines) is 2. The van der Waals surface area contributed by atoms with Crippen LogP contribution in [-0.4, -0.2) is 77.6 Å². The van der Waals surface area contributed by atoms with Crippen molar-refractivity contribution in [2.24, 2.45) is 0 Å². The minimum Gasteiger partial charge on any atom is -0.338 e. The molecule has 1 aromatic rings. The molecule has 0 bridgehead atoms. The molecule has 3 rings (SSSR count). The molecule has 150 valence electrons. The van der Waals surface area contributed by atoms with Crippen LogP contribution in [0.1, 0.15) is 31.6 Å². The second-order valence-corrected chi connectivity index (χ2v) is 8.82. The molecule has 3 atom stereocenters. The first-order valence-electron chi connectivity index (χ1n) is 9.57. The van der Waals surface area contributed by atoms with Crippen molar-refractivity contribution < 1.29 is 14.0 Å². The Morgan fingerprint density at radius 2 is 2.26 bits per heavy atom. The Kier molecular flexibility index (Phi) is 6.37. The van der Waals surface area contributed by atoms with Crippen molar-refractivity contribution in [1.29, 1.82) is 0 Å². The van der Waals surface area contributed by atoms with Gasteiger partial charge < -0.3 is 15.1 Å². The monoisotopic (exact) mass is 396 g/mol. The standard InChI is InChI=1S/C19H29FN4O2S/c1-13(2)24-7-6-17(18(24)25)21-19(26)22(3)11-15-9-14(20)10-23(15)12-16-5-4-8-27-16/h4-5,8,13-15,17H,6-7,9-12H2,1-3H3,(H,21,26)/t14-,15-,17?/m0/s1. The molecule has 6 nitrogen and oxygen atoms in total. The van der Waals surface area contributed by atoms with E-state index in [4.69, 9.17) is 0 Å². The highest BCUT2D eigenvalue weighted by Gasteiger charge is 2.36. The smallest absolute Gasteiger partial charge is 0.317 e. The summed E-state index contributed by atoms with van der Waals surface area (Å²) in [7, 11) is 1.71. The molecular formula is C19H29FN4O2S. The molecule has 0 aliphatic carbocycles. The molecule has 2 aliphatic rings. The fourth-order valence-electron chi connectivity index (χ4n) is 3.92. The Balaban J connectivity index is 1.53. The molecule has 27 heavy (non-hydrogen) atoms. The molecular weight excluding hydrogens is 367 g/mol.